The molecule has 7 heteroatoms. The van der Waals surface area contributed by atoms with Gasteiger partial charge in [0.05, 0.1) is 12.1 Å². The highest BCUT2D eigenvalue weighted by Gasteiger charge is 2.39. The van der Waals surface area contributed by atoms with Crippen LogP contribution in [-0.2, 0) is 10.0 Å². The average Bonchev–Trinajstić information content (AvgIpc) is 2.77. The fourth-order valence-corrected chi connectivity index (χ4v) is 3.79. The lowest BCUT2D eigenvalue weighted by Crippen LogP contribution is -2.34. The van der Waals surface area contributed by atoms with Crippen LogP contribution in [0.5, 0.6) is 0 Å². The number of rotatable bonds is 2. The van der Waals surface area contributed by atoms with Crippen LogP contribution in [0.25, 0.3) is 0 Å². The Labute approximate surface area is 123 Å². The Hall–Kier alpha value is -1.46. The third-order valence-corrected chi connectivity index (χ3v) is 5.18. The van der Waals surface area contributed by atoms with E-state index in [1.54, 1.807) is 6.92 Å². The third-order valence-electron chi connectivity index (χ3n) is 3.30. The number of nitrogens with zero attached hydrogens (tertiary/aromatic N) is 1. The summed E-state index contributed by atoms with van der Waals surface area (Å²) in [7, 11) is -3.95. The minimum atomic E-state index is -3.95. The highest BCUT2D eigenvalue weighted by Crippen LogP contribution is 2.28. The Kier molecular flexibility index (Phi) is 4.35. The second-order valence-electron chi connectivity index (χ2n) is 5.24. The van der Waals surface area contributed by atoms with E-state index in [0.29, 0.717) is 12.0 Å². The summed E-state index contributed by atoms with van der Waals surface area (Å²) in [4.78, 5) is -0.404. The van der Waals surface area contributed by atoms with Gasteiger partial charge in [-0.3, -0.25) is 0 Å². The van der Waals surface area contributed by atoms with E-state index in [1.165, 1.54) is 12.1 Å². The van der Waals surface area contributed by atoms with Crippen molar-refractivity contribution < 1.29 is 17.9 Å². The Bertz CT molecular complexity index is 705. The van der Waals surface area contributed by atoms with Crippen molar-refractivity contribution in [2.75, 3.05) is 19.6 Å². The number of aliphatic hydroxyl groups is 1. The summed E-state index contributed by atoms with van der Waals surface area (Å²) >= 11 is 0. The van der Waals surface area contributed by atoms with Crippen molar-refractivity contribution in [3.05, 3.63) is 29.6 Å². The molecule has 1 aromatic rings. The van der Waals surface area contributed by atoms with Crippen LogP contribution in [0.1, 0.15) is 18.9 Å². The quantitative estimate of drug-likeness (QED) is 0.769. The van der Waals surface area contributed by atoms with Gasteiger partial charge in [-0.1, -0.05) is 11.8 Å². The SMILES string of the molecule is CC1(O)CCN(S(=O)(=O)c2ccc(C#CCN)cc2F)C1. The molecule has 5 nitrogen and oxygen atoms in total. The topological polar surface area (TPSA) is 83.6 Å². The third kappa shape index (κ3) is 3.41. The monoisotopic (exact) mass is 312 g/mol. The molecule has 1 aromatic carbocycles. The minimum Gasteiger partial charge on any atom is -0.389 e. The van der Waals surface area contributed by atoms with Gasteiger partial charge < -0.3 is 10.8 Å². The predicted molar refractivity (Wildman–Crippen MR) is 76.3 cm³/mol. The number of hydrogen-bond acceptors (Lipinski definition) is 4. The molecule has 0 aliphatic carbocycles. The zero-order valence-corrected chi connectivity index (χ0v) is 12.5. The molecule has 0 bridgehead atoms. The van der Waals surface area contributed by atoms with Gasteiger partial charge in [-0.05, 0) is 31.5 Å². The summed E-state index contributed by atoms with van der Waals surface area (Å²) in [6, 6.07) is 3.70. The Morgan fingerprint density at radius 1 is 1.52 bits per heavy atom. The molecule has 1 saturated heterocycles. The first-order valence-corrected chi connectivity index (χ1v) is 7.91. The summed E-state index contributed by atoms with van der Waals surface area (Å²) < 4.78 is 39.9. The second kappa shape index (κ2) is 5.73. The largest absolute Gasteiger partial charge is 0.389 e. The van der Waals surface area contributed by atoms with Gasteiger partial charge in [-0.15, -0.1) is 0 Å². The lowest BCUT2D eigenvalue weighted by atomic mass is 10.1. The Morgan fingerprint density at radius 3 is 2.76 bits per heavy atom. The molecule has 0 amide bonds. The molecule has 0 saturated carbocycles. The van der Waals surface area contributed by atoms with Crippen LogP contribution in [0, 0.1) is 17.7 Å². The van der Waals surface area contributed by atoms with Crippen molar-refractivity contribution in [3.63, 3.8) is 0 Å². The van der Waals surface area contributed by atoms with E-state index in [9.17, 15) is 17.9 Å². The van der Waals surface area contributed by atoms with Crippen molar-refractivity contribution in [1.29, 1.82) is 0 Å². The zero-order valence-electron chi connectivity index (χ0n) is 11.6. The Balaban J connectivity index is 2.33. The van der Waals surface area contributed by atoms with E-state index in [0.717, 1.165) is 10.4 Å². The summed E-state index contributed by atoms with van der Waals surface area (Å²) in [5.41, 5.74) is 4.52. The fraction of sp³-hybridized carbons (Fsp3) is 0.429. The number of hydrogen-bond donors (Lipinski definition) is 2. The lowest BCUT2D eigenvalue weighted by molar-refractivity contribution is 0.0762. The molecule has 1 unspecified atom stereocenters. The minimum absolute atomic E-state index is 0.0382. The maximum Gasteiger partial charge on any atom is 0.246 e. The first kappa shape index (κ1) is 15.9. The number of halogens is 1. The molecule has 2 rings (SSSR count). The molecule has 1 aliphatic heterocycles. The van der Waals surface area contributed by atoms with Crippen molar-refractivity contribution >= 4 is 10.0 Å². The van der Waals surface area contributed by atoms with Crippen LogP contribution in [-0.4, -0.2) is 43.1 Å². The van der Waals surface area contributed by atoms with Gasteiger partial charge in [0.1, 0.15) is 10.7 Å². The lowest BCUT2D eigenvalue weighted by Gasteiger charge is -2.19. The number of β-amino-alcohol motifs (C(OH)–C–C–N with tert-alkyl or cyclic N) is 1. The molecule has 0 radical (unpaired) electrons. The van der Waals surface area contributed by atoms with E-state index >= 15 is 0 Å². The molecule has 1 fully saturated rings. The van der Waals surface area contributed by atoms with Crippen molar-refractivity contribution in [3.8, 4) is 11.8 Å². The van der Waals surface area contributed by atoms with Crippen LogP contribution in [0.15, 0.2) is 23.1 Å². The highest BCUT2D eigenvalue weighted by molar-refractivity contribution is 7.89. The van der Waals surface area contributed by atoms with Gasteiger partial charge in [-0.2, -0.15) is 4.31 Å². The number of sulfonamides is 1. The molecule has 1 aliphatic rings. The van der Waals surface area contributed by atoms with Crippen molar-refractivity contribution in [2.24, 2.45) is 5.73 Å². The molecule has 114 valence electrons. The van der Waals surface area contributed by atoms with E-state index in [-0.39, 0.29) is 19.6 Å². The summed E-state index contributed by atoms with van der Waals surface area (Å²) in [5.74, 6) is 4.36. The van der Waals surface area contributed by atoms with Crippen molar-refractivity contribution in [1.82, 2.24) is 4.31 Å². The van der Waals surface area contributed by atoms with Crippen LogP contribution in [0.4, 0.5) is 4.39 Å². The van der Waals surface area contributed by atoms with Crippen LogP contribution < -0.4 is 5.73 Å². The van der Waals surface area contributed by atoms with Gasteiger partial charge in [0.2, 0.25) is 10.0 Å². The van der Waals surface area contributed by atoms with Crippen LogP contribution >= 0.6 is 0 Å². The molecule has 0 aromatic heterocycles. The number of benzene rings is 1. The van der Waals surface area contributed by atoms with Gasteiger partial charge in [0.25, 0.3) is 0 Å². The summed E-state index contributed by atoms with van der Waals surface area (Å²) in [6.45, 7) is 1.84. The van der Waals surface area contributed by atoms with Gasteiger partial charge in [0, 0.05) is 18.7 Å². The molecule has 21 heavy (non-hydrogen) atoms. The molecule has 3 N–H and O–H groups in total. The molecule has 1 heterocycles. The van der Waals surface area contributed by atoms with Crippen LogP contribution in [0.2, 0.25) is 0 Å². The van der Waals surface area contributed by atoms with Crippen LogP contribution in [0.3, 0.4) is 0 Å². The highest BCUT2D eigenvalue weighted by atomic mass is 32.2. The molecular formula is C14H17FN2O3S. The Morgan fingerprint density at radius 2 is 2.24 bits per heavy atom. The summed E-state index contributed by atoms with van der Waals surface area (Å²) in [6.07, 6.45) is 0.327. The van der Waals surface area contributed by atoms with Gasteiger partial charge in [0.15, 0.2) is 0 Å². The maximum absolute atomic E-state index is 14.1. The normalized spacial score (nSPS) is 22.9. The molecular weight excluding hydrogens is 295 g/mol. The molecule has 1 atom stereocenters. The average molecular weight is 312 g/mol. The van der Waals surface area contributed by atoms with E-state index in [2.05, 4.69) is 11.8 Å². The first-order chi connectivity index (χ1) is 9.76. The van der Waals surface area contributed by atoms with Gasteiger partial charge >= 0.3 is 0 Å². The first-order valence-electron chi connectivity index (χ1n) is 6.47. The second-order valence-corrected chi connectivity index (χ2v) is 7.14. The number of nitrogens with two attached hydrogens (primary N) is 1. The summed E-state index contributed by atoms with van der Waals surface area (Å²) in [5, 5.41) is 9.86. The standard InChI is InChI=1S/C14H17FN2O3S/c1-14(18)6-8-17(10-14)21(19,20)13-5-4-11(3-2-7-16)9-12(13)15/h4-5,9,18H,6-8,10,16H2,1H3. The van der Waals surface area contributed by atoms with E-state index in [1.807, 2.05) is 0 Å². The zero-order chi connectivity index (χ0) is 15.7. The predicted octanol–water partition coefficient (Wildman–Crippen LogP) is 0.281. The van der Waals surface area contributed by atoms with E-state index < -0.39 is 26.3 Å². The fourth-order valence-electron chi connectivity index (χ4n) is 2.19. The smallest absolute Gasteiger partial charge is 0.246 e. The van der Waals surface area contributed by atoms with E-state index in [4.69, 9.17) is 5.73 Å². The van der Waals surface area contributed by atoms with Crippen molar-refractivity contribution in [2.45, 2.75) is 23.8 Å². The molecule has 0 spiro atoms. The maximum atomic E-state index is 14.1. The van der Waals surface area contributed by atoms with Gasteiger partial charge in [-0.25, -0.2) is 12.8 Å².